The van der Waals surface area contributed by atoms with E-state index in [1.54, 1.807) is 0 Å². The van der Waals surface area contributed by atoms with Gasteiger partial charge in [0.15, 0.2) is 6.10 Å². The van der Waals surface area contributed by atoms with Gasteiger partial charge in [0.25, 0.3) is 0 Å². The first-order valence-electron chi connectivity index (χ1n) is 25.3. The van der Waals surface area contributed by atoms with Gasteiger partial charge in [-0.1, -0.05) is 240 Å². The molecule has 0 aliphatic carbocycles. The summed E-state index contributed by atoms with van der Waals surface area (Å²) in [4.78, 5) is 37.8. The third-order valence-corrected chi connectivity index (χ3v) is 11.8. The van der Waals surface area contributed by atoms with Crippen LogP contribution in [0.1, 0.15) is 279 Å². The molecular weight excluding hydrogens is 709 g/mol. The molecule has 6 nitrogen and oxygen atoms in total. The highest BCUT2D eigenvalue weighted by Gasteiger charge is 2.19. The first-order valence-corrected chi connectivity index (χ1v) is 25.3. The van der Waals surface area contributed by atoms with E-state index in [1.165, 1.54) is 167 Å². The number of carbonyl (C=O) groups is 3. The summed E-state index contributed by atoms with van der Waals surface area (Å²) in [5, 5.41) is 0. The highest BCUT2D eigenvalue weighted by Crippen LogP contribution is 2.17. The van der Waals surface area contributed by atoms with Crippen molar-refractivity contribution in [1.82, 2.24) is 0 Å². The van der Waals surface area contributed by atoms with Gasteiger partial charge in [0.1, 0.15) is 13.2 Å². The smallest absolute Gasteiger partial charge is 0.306 e. The molecule has 0 heterocycles. The van der Waals surface area contributed by atoms with Crippen LogP contribution in [-0.4, -0.2) is 37.2 Å². The molecule has 338 valence electrons. The van der Waals surface area contributed by atoms with E-state index in [0.717, 1.165) is 69.6 Å². The van der Waals surface area contributed by atoms with Crippen molar-refractivity contribution in [3.63, 3.8) is 0 Å². The second kappa shape index (κ2) is 44.0. The van der Waals surface area contributed by atoms with Crippen molar-refractivity contribution in [2.24, 2.45) is 11.8 Å². The van der Waals surface area contributed by atoms with E-state index in [0.29, 0.717) is 19.3 Å². The van der Waals surface area contributed by atoms with Gasteiger partial charge in [-0.2, -0.15) is 0 Å². The van der Waals surface area contributed by atoms with Crippen molar-refractivity contribution in [1.29, 1.82) is 0 Å². The predicted molar refractivity (Wildman–Crippen MR) is 243 cm³/mol. The number of unbranched alkanes of at least 4 members (excludes halogenated alkanes) is 29. The topological polar surface area (TPSA) is 78.9 Å². The third-order valence-electron chi connectivity index (χ3n) is 11.8. The Morgan fingerprint density at radius 3 is 1.00 bits per heavy atom. The van der Waals surface area contributed by atoms with Crippen LogP contribution in [0.25, 0.3) is 0 Å². The number of carbonyl (C=O) groups excluding carboxylic acids is 3. The molecule has 0 aromatic rings. The highest BCUT2D eigenvalue weighted by molar-refractivity contribution is 5.71. The number of hydrogen-bond acceptors (Lipinski definition) is 6. The van der Waals surface area contributed by atoms with Crippen LogP contribution in [0.3, 0.4) is 0 Å². The third kappa shape index (κ3) is 43.8. The van der Waals surface area contributed by atoms with Crippen molar-refractivity contribution < 1.29 is 28.6 Å². The molecule has 0 saturated carbocycles. The predicted octanol–water partition coefficient (Wildman–Crippen LogP) is 16.1. The van der Waals surface area contributed by atoms with Crippen LogP contribution in [0.5, 0.6) is 0 Å². The van der Waals surface area contributed by atoms with E-state index in [2.05, 4.69) is 34.6 Å². The fraction of sp³-hybridized carbons (Fsp3) is 0.941. The van der Waals surface area contributed by atoms with Crippen molar-refractivity contribution in [2.45, 2.75) is 285 Å². The Balaban J connectivity index is 4.28. The lowest BCUT2D eigenvalue weighted by Crippen LogP contribution is -2.30. The Morgan fingerprint density at radius 2 is 0.667 bits per heavy atom. The number of rotatable bonds is 45. The van der Waals surface area contributed by atoms with Crippen LogP contribution >= 0.6 is 0 Å². The zero-order valence-electron chi connectivity index (χ0n) is 39.0. The van der Waals surface area contributed by atoms with Crippen LogP contribution in [0, 0.1) is 11.8 Å². The average molecular weight is 807 g/mol. The monoisotopic (exact) mass is 807 g/mol. The second-order valence-electron chi connectivity index (χ2n) is 18.2. The van der Waals surface area contributed by atoms with Crippen molar-refractivity contribution in [3.8, 4) is 0 Å². The minimum atomic E-state index is -0.762. The van der Waals surface area contributed by atoms with Gasteiger partial charge in [-0.15, -0.1) is 0 Å². The van der Waals surface area contributed by atoms with E-state index in [-0.39, 0.29) is 31.1 Å². The maximum Gasteiger partial charge on any atom is 0.306 e. The van der Waals surface area contributed by atoms with Gasteiger partial charge in [-0.25, -0.2) is 0 Å². The largest absolute Gasteiger partial charge is 0.462 e. The molecule has 0 aliphatic heterocycles. The minimum Gasteiger partial charge on any atom is -0.462 e. The molecule has 0 radical (unpaired) electrons. The minimum absolute atomic E-state index is 0.0648. The lowest BCUT2D eigenvalue weighted by atomic mass is 9.99. The number of ether oxygens (including phenoxy) is 3. The van der Waals surface area contributed by atoms with Crippen LogP contribution in [-0.2, 0) is 28.6 Å². The molecule has 2 atom stereocenters. The average Bonchev–Trinajstić information content (AvgIpc) is 3.19. The van der Waals surface area contributed by atoms with Crippen LogP contribution < -0.4 is 0 Å². The maximum atomic E-state index is 12.7. The highest BCUT2D eigenvalue weighted by atomic mass is 16.6. The molecule has 0 amide bonds. The summed E-state index contributed by atoms with van der Waals surface area (Å²) in [6.45, 7) is 11.3. The number of hydrogen-bond donors (Lipinski definition) is 0. The Hall–Kier alpha value is -1.59. The lowest BCUT2D eigenvalue weighted by Gasteiger charge is -2.18. The van der Waals surface area contributed by atoms with Crippen molar-refractivity contribution in [3.05, 3.63) is 0 Å². The fourth-order valence-corrected chi connectivity index (χ4v) is 7.60. The molecule has 57 heavy (non-hydrogen) atoms. The molecule has 0 spiro atoms. The Morgan fingerprint density at radius 1 is 0.368 bits per heavy atom. The molecule has 0 aromatic heterocycles. The van der Waals surface area contributed by atoms with Gasteiger partial charge in [0.05, 0.1) is 0 Å². The summed E-state index contributed by atoms with van der Waals surface area (Å²) in [6.07, 6.45) is 43.8. The van der Waals surface area contributed by atoms with Crippen LogP contribution in [0.2, 0.25) is 0 Å². The summed E-state index contributed by atoms with van der Waals surface area (Å²) in [5.74, 6) is 0.771. The summed E-state index contributed by atoms with van der Waals surface area (Å²) < 4.78 is 16.8. The van der Waals surface area contributed by atoms with Gasteiger partial charge in [-0.3, -0.25) is 14.4 Å². The van der Waals surface area contributed by atoms with E-state index in [4.69, 9.17) is 14.2 Å². The molecule has 6 heteroatoms. The summed E-state index contributed by atoms with van der Waals surface area (Å²) in [7, 11) is 0. The van der Waals surface area contributed by atoms with Gasteiger partial charge in [0.2, 0.25) is 0 Å². The van der Waals surface area contributed by atoms with E-state index >= 15 is 0 Å². The lowest BCUT2D eigenvalue weighted by molar-refractivity contribution is -0.167. The Labute approximate surface area is 355 Å². The molecule has 0 bridgehead atoms. The zero-order valence-corrected chi connectivity index (χ0v) is 39.0. The molecule has 0 aromatic carbocycles. The van der Waals surface area contributed by atoms with Gasteiger partial charge in [0, 0.05) is 19.3 Å². The van der Waals surface area contributed by atoms with Gasteiger partial charge in [-0.05, 0) is 31.1 Å². The van der Waals surface area contributed by atoms with Crippen LogP contribution in [0.15, 0.2) is 0 Å². The van der Waals surface area contributed by atoms with Crippen molar-refractivity contribution >= 4 is 17.9 Å². The van der Waals surface area contributed by atoms with E-state index in [1.807, 2.05) is 0 Å². The fourth-order valence-electron chi connectivity index (χ4n) is 7.60. The molecule has 0 rings (SSSR count). The summed E-state index contributed by atoms with van der Waals surface area (Å²) >= 11 is 0. The zero-order chi connectivity index (χ0) is 41.9. The maximum absolute atomic E-state index is 12.7. The standard InChI is InChI=1S/C51H98O6/c1-6-8-9-10-11-12-13-14-15-16-17-18-19-20-26-31-36-41-49(52)55-44-48(45-56-50(53)42-37-32-28-23-24-29-34-39-46(3)4)57-51(54)43-38-33-27-22-21-25-30-35-40-47(5)7-2/h46-48H,6-45H2,1-5H3/t47?,48-/m0/s1. The van der Waals surface area contributed by atoms with Crippen molar-refractivity contribution in [2.75, 3.05) is 13.2 Å². The Bertz CT molecular complexity index is 872. The summed E-state index contributed by atoms with van der Waals surface area (Å²) in [6, 6.07) is 0. The van der Waals surface area contributed by atoms with Gasteiger partial charge >= 0.3 is 17.9 Å². The molecule has 1 unspecified atom stereocenters. The van der Waals surface area contributed by atoms with Crippen LogP contribution in [0.4, 0.5) is 0 Å². The number of esters is 3. The quantitative estimate of drug-likeness (QED) is 0.0346. The molecule has 0 aliphatic rings. The first kappa shape index (κ1) is 55.4. The summed E-state index contributed by atoms with van der Waals surface area (Å²) in [5.41, 5.74) is 0. The first-order chi connectivity index (χ1) is 27.8. The molecule has 0 N–H and O–H groups in total. The molecule has 0 fully saturated rings. The van der Waals surface area contributed by atoms with Gasteiger partial charge < -0.3 is 14.2 Å². The van der Waals surface area contributed by atoms with E-state index in [9.17, 15) is 14.4 Å². The second-order valence-corrected chi connectivity index (χ2v) is 18.2. The molecular formula is C51H98O6. The SMILES string of the molecule is CCCCCCCCCCCCCCCCCCCC(=O)OC[C@@H](COC(=O)CCCCCCCCCC(C)C)OC(=O)CCCCCCCCCCC(C)CC. The molecule has 0 saturated heterocycles. The van der Waals surface area contributed by atoms with E-state index < -0.39 is 6.10 Å². The normalized spacial score (nSPS) is 12.5. The Kier molecular flexibility index (Phi) is 42.7.